The number of benzene rings is 1. The highest BCUT2D eigenvalue weighted by Crippen LogP contribution is 2.23. The van der Waals surface area contributed by atoms with Gasteiger partial charge in [0.05, 0.1) is 6.61 Å². The Labute approximate surface area is 84.5 Å². The standard InChI is InChI=1S/C12H16O2/c1-4-12(14,8-13)11-6-5-9(2)10(3)7-11/h4-7,13-14H,1,8H2,2-3H3. The van der Waals surface area contributed by atoms with Crippen molar-refractivity contribution in [2.24, 2.45) is 0 Å². The summed E-state index contributed by atoms with van der Waals surface area (Å²) in [5.74, 6) is 0. The maximum Gasteiger partial charge on any atom is 0.130 e. The molecule has 1 aromatic rings. The lowest BCUT2D eigenvalue weighted by atomic mass is 9.92. The van der Waals surface area contributed by atoms with E-state index in [0.29, 0.717) is 5.56 Å². The Hall–Kier alpha value is -1.12. The number of rotatable bonds is 3. The van der Waals surface area contributed by atoms with Gasteiger partial charge in [0.25, 0.3) is 0 Å². The van der Waals surface area contributed by atoms with Gasteiger partial charge < -0.3 is 10.2 Å². The maximum atomic E-state index is 9.95. The molecule has 0 saturated heterocycles. The molecule has 0 bridgehead atoms. The molecule has 2 N–H and O–H groups in total. The van der Waals surface area contributed by atoms with Gasteiger partial charge in [-0.25, -0.2) is 0 Å². The van der Waals surface area contributed by atoms with Gasteiger partial charge in [0.1, 0.15) is 5.60 Å². The zero-order chi connectivity index (χ0) is 10.8. The van der Waals surface area contributed by atoms with Gasteiger partial charge in [0, 0.05) is 0 Å². The Morgan fingerprint density at radius 2 is 2.00 bits per heavy atom. The molecule has 2 heteroatoms. The smallest absolute Gasteiger partial charge is 0.130 e. The molecule has 76 valence electrons. The monoisotopic (exact) mass is 192 g/mol. The molecule has 0 heterocycles. The number of aryl methyl sites for hydroxylation is 2. The van der Waals surface area contributed by atoms with E-state index in [-0.39, 0.29) is 6.61 Å². The predicted molar refractivity (Wildman–Crippen MR) is 57.1 cm³/mol. The molecular weight excluding hydrogens is 176 g/mol. The fourth-order valence-electron chi connectivity index (χ4n) is 1.28. The van der Waals surface area contributed by atoms with Crippen LogP contribution in [0.5, 0.6) is 0 Å². The van der Waals surface area contributed by atoms with Gasteiger partial charge in [-0.1, -0.05) is 30.9 Å². The van der Waals surface area contributed by atoms with Crippen LogP contribution in [0.4, 0.5) is 0 Å². The second-order valence-electron chi connectivity index (χ2n) is 3.59. The first kappa shape index (κ1) is 11.0. The molecule has 1 rings (SSSR count). The molecule has 0 aromatic heterocycles. The fourth-order valence-corrected chi connectivity index (χ4v) is 1.28. The van der Waals surface area contributed by atoms with Gasteiger partial charge in [-0.3, -0.25) is 0 Å². The molecule has 2 nitrogen and oxygen atoms in total. The van der Waals surface area contributed by atoms with Crippen molar-refractivity contribution in [2.45, 2.75) is 19.4 Å². The third-order valence-corrected chi connectivity index (χ3v) is 2.59. The Morgan fingerprint density at radius 3 is 2.43 bits per heavy atom. The molecule has 0 aliphatic heterocycles. The number of aliphatic hydroxyl groups excluding tert-OH is 1. The van der Waals surface area contributed by atoms with Crippen LogP contribution in [0.15, 0.2) is 30.9 Å². The van der Waals surface area contributed by atoms with Crippen LogP contribution in [0.3, 0.4) is 0 Å². The Kier molecular flexibility index (Phi) is 3.09. The minimum atomic E-state index is -1.32. The largest absolute Gasteiger partial charge is 0.393 e. The summed E-state index contributed by atoms with van der Waals surface area (Å²) in [6, 6.07) is 5.60. The highest BCUT2D eigenvalue weighted by atomic mass is 16.3. The molecule has 1 atom stereocenters. The lowest BCUT2D eigenvalue weighted by molar-refractivity contribution is 0.0244. The summed E-state index contributed by atoms with van der Waals surface area (Å²) in [6.45, 7) is 7.15. The van der Waals surface area contributed by atoms with Crippen LogP contribution in [0.1, 0.15) is 16.7 Å². The molecule has 0 saturated carbocycles. The highest BCUT2D eigenvalue weighted by Gasteiger charge is 2.24. The summed E-state index contributed by atoms with van der Waals surface area (Å²) in [4.78, 5) is 0. The number of aliphatic hydroxyl groups is 2. The van der Waals surface area contributed by atoms with Gasteiger partial charge >= 0.3 is 0 Å². The summed E-state index contributed by atoms with van der Waals surface area (Å²) >= 11 is 0. The van der Waals surface area contributed by atoms with Crippen LogP contribution in [0.2, 0.25) is 0 Å². The first-order valence-corrected chi connectivity index (χ1v) is 4.58. The summed E-state index contributed by atoms with van der Waals surface area (Å²) < 4.78 is 0. The van der Waals surface area contributed by atoms with Crippen molar-refractivity contribution in [3.8, 4) is 0 Å². The van der Waals surface area contributed by atoms with Crippen molar-refractivity contribution < 1.29 is 10.2 Å². The molecule has 14 heavy (non-hydrogen) atoms. The van der Waals surface area contributed by atoms with Gasteiger partial charge in [0.15, 0.2) is 0 Å². The zero-order valence-electron chi connectivity index (χ0n) is 8.62. The average Bonchev–Trinajstić information content (AvgIpc) is 2.21. The van der Waals surface area contributed by atoms with Crippen LogP contribution >= 0.6 is 0 Å². The van der Waals surface area contributed by atoms with Crippen molar-refractivity contribution in [1.82, 2.24) is 0 Å². The fraction of sp³-hybridized carbons (Fsp3) is 0.333. The van der Waals surface area contributed by atoms with Crippen LogP contribution in [-0.2, 0) is 5.60 Å². The average molecular weight is 192 g/mol. The first-order valence-electron chi connectivity index (χ1n) is 4.58. The predicted octanol–water partition coefficient (Wildman–Crippen LogP) is 1.67. The topological polar surface area (TPSA) is 40.5 Å². The minimum Gasteiger partial charge on any atom is -0.393 e. The van der Waals surface area contributed by atoms with Crippen LogP contribution < -0.4 is 0 Å². The van der Waals surface area contributed by atoms with E-state index >= 15 is 0 Å². The zero-order valence-corrected chi connectivity index (χ0v) is 8.62. The molecule has 1 aromatic carbocycles. The third kappa shape index (κ3) is 1.86. The molecular formula is C12H16O2. The SMILES string of the molecule is C=CC(O)(CO)c1ccc(C)c(C)c1. The third-order valence-electron chi connectivity index (χ3n) is 2.59. The maximum absolute atomic E-state index is 9.95. The normalized spacial score (nSPS) is 14.9. The van der Waals surface area contributed by atoms with Gasteiger partial charge in [-0.05, 0) is 30.5 Å². The van der Waals surface area contributed by atoms with Crippen molar-refractivity contribution >= 4 is 0 Å². The number of hydrogen-bond donors (Lipinski definition) is 2. The van der Waals surface area contributed by atoms with E-state index in [9.17, 15) is 5.11 Å². The van der Waals surface area contributed by atoms with E-state index in [1.54, 1.807) is 6.07 Å². The summed E-state index contributed by atoms with van der Waals surface area (Å²) in [5, 5.41) is 19.0. The van der Waals surface area contributed by atoms with E-state index < -0.39 is 5.60 Å². The molecule has 0 spiro atoms. The van der Waals surface area contributed by atoms with Gasteiger partial charge in [0.2, 0.25) is 0 Å². The van der Waals surface area contributed by atoms with E-state index in [4.69, 9.17) is 5.11 Å². The number of hydrogen-bond acceptors (Lipinski definition) is 2. The van der Waals surface area contributed by atoms with Gasteiger partial charge in [-0.15, -0.1) is 0 Å². The van der Waals surface area contributed by atoms with E-state index in [1.807, 2.05) is 26.0 Å². The molecule has 0 aliphatic rings. The van der Waals surface area contributed by atoms with Crippen molar-refractivity contribution in [2.75, 3.05) is 6.61 Å². The Morgan fingerprint density at radius 1 is 1.36 bits per heavy atom. The lowest BCUT2D eigenvalue weighted by Crippen LogP contribution is -2.27. The van der Waals surface area contributed by atoms with E-state index in [1.165, 1.54) is 6.08 Å². The van der Waals surface area contributed by atoms with Crippen molar-refractivity contribution in [3.05, 3.63) is 47.5 Å². The molecule has 0 aliphatic carbocycles. The van der Waals surface area contributed by atoms with Crippen LogP contribution in [0, 0.1) is 13.8 Å². The lowest BCUT2D eigenvalue weighted by Gasteiger charge is -2.22. The summed E-state index contributed by atoms with van der Waals surface area (Å²) in [6.07, 6.45) is 1.36. The minimum absolute atomic E-state index is 0.348. The van der Waals surface area contributed by atoms with Crippen LogP contribution in [-0.4, -0.2) is 16.8 Å². The molecule has 0 fully saturated rings. The van der Waals surface area contributed by atoms with E-state index in [2.05, 4.69) is 6.58 Å². The molecule has 1 unspecified atom stereocenters. The summed E-state index contributed by atoms with van der Waals surface area (Å²) in [7, 11) is 0. The van der Waals surface area contributed by atoms with Crippen molar-refractivity contribution in [1.29, 1.82) is 0 Å². The Bertz CT molecular complexity index is 344. The van der Waals surface area contributed by atoms with Crippen molar-refractivity contribution in [3.63, 3.8) is 0 Å². The van der Waals surface area contributed by atoms with Gasteiger partial charge in [-0.2, -0.15) is 0 Å². The Balaban J connectivity index is 3.19. The second-order valence-corrected chi connectivity index (χ2v) is 3.59. The quantitative estimate of drug-likeness (QED) is 0.715. The summed E-state index contributed by atoms with van der Waals surface area (Å²) in [5.41, 5.74) is 1.62. The second kappa shape index (κ2) is 3.95. The van der Waals surface area contributed by atoms with E-state index in [0.717, 1.165) is 11.1 Å². The highest BCUT2D eigenvalue weighted by molar-refractivity contribution is 5.35. The molecule has 0 amide bonds. The first-order chi connectivity index (χ1) is 6.53. The molecule has 0 radical (unpaired) electrons. The van der Waals surface area contributed by atoms with Crippen LogP contribution in [0.25, 0.3) is 0 Å².